The van der Waals surface area contributed by atoms with Crippen molar-refractivity contribution in [3.63, 3.8) is 0 Å². The van der Waals surface area contributed by atoms with Gasteiger partial charge in [0.25, 0.3) is 12.4 Å². The maximum atomic E-state index is 4.35. The normalized spacial score (nSPS) is 14.3. The Morgan fingerprint density at radius 1 is 0.714 bits per heavy atom. The Balaban J connectivity index is 2.65. The van der Waals surface area contributed by atoms with Crippen molar-refractivity contribution in [3.8, 4) is 0 Å². The van der Waals surface area contributed by atoms with Crippen molar-refractivity contribution >= 4 is 24.6 Å². The van der Waals surface area contributed by atoms with E-state index in [1.807, 2.05) is 12.2 Å². The van der Waals surface area contributed by atoms with Crippen LogP contribution in [0.3, 0.4) is 0 Å². The number of allylic oxidation sites excluding steroid dienone is 2. The second-order valence-electron chi connectivity index (χ2n) is 3.22. The Labute approximate surface area is 80.7 Å². The first-order valence-corrected chi connectivity index (χ1v) is 4.53. The molecular formula is C12H8N2+2. The van der Waals surface area contributed by atoms with Crippen molar-refractivity contribution < 1.29 is 0 Å². The number of nitrogens with zero attached hydrogens (tertiary/aromatic N) is 2. The summed E-state index contributed by atoms with van der Waals surface area (Å²) in [5.74, 6) is 0. The minimum absolute atomic E-state index is 0.977. The molecule has 0 aliphatic carbocycles. The third kappa shape index (κ3) is 0.929. The Hall–Kier alpha value is -2.14. The molecule has 64 valence electrons. The summed E-state index contributed by atoms with van der Waals surface area (Å²) in [4.78, 5) is 0. The Bertz CT molecular complexity index is 591. The number of hydrogen-bond acceptors (Lipinski definition) is 0. The molecule has 0 amide bonds. The van der Waals surface area contributed by atoms with Gasteiger partial charge in [0.1, 0.15) is 0 Å². The standard InChI is InChI=1S/C12H8N2/c1-3-9-5-6-10-4-2-8-14-12(10)11(9)13-7-1/h1-8H/q+2. The lowest BCUT2D eigenvalue weighted by Gasteiger charge is -1.89. The molecule has 2 nitrogen and oxygen atoms in total. The monoisotopic (exact) mass is 180 g/mol. The van der Waals surface area contributed by atoms with Crippen LogP contribution in [0.4, 0.5) is 0 Å². The third-order valence-corrected chi connectivity index (χ3v) is 2.34. The molecule has 1 aromatic carbocycles. The lowest BCUT2D eigenvalue weighted by Crippen LogP contribution is -2.37. The quantitative estimate of drug-likeness (QED) is 0.470. The van der Waals surface area contributed by atoms with Crippen LogP contribution in [0.15, 0.2) is 24.3 Å². The molecular weight excluding hydrogens is 172 g/mol. The van der Waals surface area contributed by atoms with E-state index in [9.17, 15) is 0 Å². The largest absolute Gasteiger partial charge is 0.423 e. The molecule has 0 aromatic heterocycles. The fraction of sp³-hybridized carbons (Fsp3) is 0. The fourth-order valence-electron chi connectivity index (χ4n) is 1.68. The van der Waals surface area contributed by atoms with Gasteiger partial charge in [-0.1, -0.05) is 9.34 Å². The van der Waals surface area contributed by atoms with E-state index in [-0.39, 0.29) is 0 Å². The highest BCUT2D eigenvalue weighted by atomic mass is 14.6. The summed E-state index contributed by atoms with van der Waals surface area (Å²) in [5.41, 5.74) is 2.28. The van der Waals surface area contributed by atoms with Gasteiger partial charge in [0, 0.05) is 12.2 Å². The van der Waals surface area contributed by atoms with Crippen molar-refractivity contribution in [2.24, 2.45) is 0 Å². The minimum atomic E-state index is 0.977. The molecule has 2 heterocycles. The molecule has 2 aliphatic rings. The molecule has 0 bridgehead atoms. The molecule has 0 unspecified atom stereocenters. The minimum Gasteiger partial charge on any atom is -0.0831 e. The molecule has 0 spiro atoms. The van der Waals surface area contributed by atoms with Gasteiger partial charge in [-0.25, -0.2) is 0 Å². The zero-order valence-electron chi connectivity index (χ0n) is 7.51. The van der Waals surface area contributed by atoms with E-state index in [4.69, 9.17) is 0 Å². The van der Waals surface area contributed by atoms with Crippen LogP contribution in [-0.2, 0) is 0 Å². The van der Waals surface area contributed by atoms with Crippen LogP contribution in [0, 0.1) is 0 Å². The number of benzene rings is 1. The van der Waals surface area contributed by atoms with E-state index < -0.39 is 0 Å². The zero-order valence-corrected chi connectivity index (χ0v) is 7.51. The predicted molar refractivity (Wildman–Crippen MR) is 58.4 cm³/mol. The van der Waals surface area contributed by atoms with Gasteiger partial charge < -0.3 is 0 Å². The van der Waals surface area contributed by atoms with Crippen LogP contribution in [0.1, 0.15) is 11.1 Å². The summed E-state index contributed by atoms with van der Waals surface area (Å²) >= 11 is 0. The van der Waals surface area contributed by atoms with Gasteiger partial charge in [-0.3, -0.25) is 0 Å². The van der Waals surface area contributed by atoms with Crippen molar-refractivity contribution in [2.75, 3.05) is 0 Å². The van der Waals surface area contributed by atoms with Crippen LogP contribution < -0.4 is 20.1 Å². The van der Waals surface area contributed by atoms with Crippen LogP contribution in [0.5, 0.6) is 0 Å². The zero-order chi connectivity index (χ0) is 9.38. The topological polar surface area (TPSA) is 28.2 Å². The first-order valence-electron chi connectivity index (χ1n) is 4.53. The predicted octanol–water partition coefficient (Wildman–Crippen LogP) is -0.745. The maximum absolute atomic E-state index is 4.35. The molecule has 2 aliphatic heterocycles. The van der Waals surface area contributed by atoms with Crippen molar-refractivity contribution in [3.05, 3.63) is 46.1 Å². The molecule has 0 fully saturated rings. The van der Waals surface area contributed by atoms with Gasteiger partial charge in [-0.2, -0.15) is 0 Å². The Morgan fingerprint density at radius 3 is 1.71 bits per heavy atom. The summed E-state index contributed by atoms with van der Waals surface area (Å²) in [6.45, 7) is 0. The van der Waals surface area contributed by atoms with E-state index in [1.165, 1.54) is 0 Å². The van der Waals surface area contributed by atoms with Crippen LogP contribution >= 0.6 is 0 Å². The van der Waals surface area contributed by atoms with Gasteiger partial charge in [-0.15, -0.1) is 0 Å². The highest BCUT2D eigenvalue weighted by Crippen LogP contribution is 1.98. The van der Waals surface area contributed by atoms with E-state index in [0.717, 1.165) is 21.8 Å². The first kappa shape index (κ1) is 7.28. The molecule has 1 aromatic rings. The van der Waals surface area contributed by atoms with Gasteiger partial charge >= 0.3 is 10.7 Å². The summed E-state index contributed by atoms with van der Waals surface area (Å²) in [6, 6.07) is 4.15. The SMILES string of the molecule is C1=Cc2ccc3c(c2=[N+]=C1)=[N+]=CC=C3. The van der Waals surface area contributed by atoms with Gasteiger partial charge in [0.05, 0.1) is 11.1 Å². The van der Waals surface area contributed by atoms with Gasteiger partial charge in [-0.05, 0) is 24.3 Å². The van der Waals surface area contributed by atoms with E-state index in [2.05, 4.69) is 33.6 Å². The molecule has 3 rings (SSSR count). The van der Waals surface area contributed by atoms with Crippen molar-refractivity contribution in [1.82, 2.24) is 9.34 Å². The van der Waals surface area contributed by atoms with Crippen LogP contribution in [-0.4, -0.2) is 12.4 Å². The van der Waals surface area contributed by atoms with E-state index in [0.29, 0.717) is 0 Å². The van der Waals surface area contributed by atoms with Crippen molar-refractivity contribution in [2.45, 2.75) is 0 Å². The summed E-state index contributed by atoms with van der Waals surface area (Å²) in [7, 11) is 0. The average molecular weight is 180 g/mol. The summed E-state index contributed by atoms with van der Waals surface area (Å²) in [6.07, 6.45) is 11.6. The van der Waals surface area contributed by atoms with Gasteiger partial charge in [0.15, 0.2) is 0 Å². The Morgan fingerprint density at radius 2 is 1.21 bits per heavy atom. The van der Waals surface area contributed by atoms with Crippen LogP contribution in [0.2, 0.25) is 0 Å². The Kier molecular flexibility index (Phi) is 1.39. The van der Waals surface area contributed by atoms with Crippen molar-refractivity contribution in [1.29, 1.82) is 0 Å². The number of hydrogen-bond donors (Lipinski definition) is 0. The maximum Gasteiger partial charge on any atom is 0.423 e. The fourth-order valence-corrected chi connectivity index (χ4v) is 1.68. The molecule has 0 radical (unpaired) electrons. The summed E-state index contributed by atoms with van der Waals surface area (Å²) < 4.78 is 8.69. The second-order valence-corrected chi connectivity index (χ2v) is 3.22. The highest BCUT2D eigenvalue weighted by molar-refractivity contribution is 5.81. The molecule has 14 heavy (non-hydrogen) atoms. The molecule has 0 N–H and O–H groups in total. The lowest BCUT2D eigenvalue weighted by molar-refractivity contribution is 1.20. The smallest absolute Gasteiger partial charge is 0.0831 e. The average Bonchev–Trinajstić information content (AvgIpc) is 2.29. The highest BCUT2D eigenvalue weighted by Gasteiger charge is 2.18. The summed E-state index contributed by atoms with van der Waals surface area (Å²) in [5, 5.41) is 1.95. The van der Waals surface area contributed by atoms with E-state index >= 15 is 0 Å². The van der Waals surface area contributed by atoms with Crippen LogP contribution in [0.25, 0.3) is 12.2 Å². The lowest BCUT2D eigenvalue weighted by atomic mass is 10.1. The molecule has 2 heteroatoms. The first-order chi connectivity index (χ1) is 6.95. The number of fused-ring (bicyclic) bond motifs is 3. The number of rotatable bonds is 0. The molecule has 0 atom stereocenters. The molecule has 0 saturated carbocycles. The third-order valence-electron chi connectivity index (χ3n) is 2.34. The van der Waals surface area contributed by atoms with Gasteiger partial charge in [0.2, 0.25) is 0 Å². The van der Waals surface area contributed by atoms with E-state index in [1.54, 1.807) is 12.4 Å². The second kappa shape index (κ2) is 2.68. The molecule has 0 saturated heterocycles.